The highest BCUT2D eigenvalue weighted by Gasteiger charge is 2.33. The molecule has 116 valence electrons. The lowest BCUT2D eigenvalue weighted by molar-refractivity contribution is -0.123. The van der Waals surface area contributed by atoms with Crippen molar-refractivity contribution in [3.63, 3.8) is 0 Å². The van der Waals surface area contributed by atoms with Crippen molar-refractivity contribution in [2.24, 2.45) is 0 Å². The van der Waals surface area contributed by atoms with Gasteiger partial charge in [0.15, 0.2) is 0 Å². The fourth-order valence-electron chi connectivity index (χ4n) is 2.60. The number of hydrogen-bond acceptors (Lipinski definition) is 5. The summed E-state index contributed by atoms with van der Waals surface area (Å²) < 4.78 is 5.79. The number of benzene rings is 1. The predicted octanol–water partition coefficient (Wildman–Crippen LogP) is 2.95. The molecule has 2 heterocycles. The molecule has 0 spiro atoms. The van der Waals surface area contributed by atoms with Crippen LogP contribution in [0.4, 0.5) is 0 Å². The fourth-order valence-corrected chi connectivity index (χ4v) is 3.84. The molecule has 2 aliphatic heterocycles. The third kappa shape index (κ3) is 3.34. The topological polar surface area (TPSA) is 32.8 Å². The van der Waals surface area contributed by atoms with Crippen LogP contribution in [0.5, 0.6) is 5.75 Å². The molecule has 0 saturated carbocycles. The Hall–Kier alpha value is -1.37. The van der Waals surface area contributed by atoms with Gasteiger partial charge in [0.25, 0.3) is 5.91 Å². The van der Waals surface area contributed by atoms with Crippen molar-refractivity contribution in [3.8, 4) is 5.75 Å². The Bertz CT molecular complexity index is 607. The van der Waals surface area contributed by atoms with E-state index in [0.717, 1.165) is 24.4 Å². The summed E-state index contributed by atoms with van der Waals surface area (Å²) in [5.74, 6) is 0.816. The lowest BCUT2D eigenvalue weighted by Gasteiger charge is -2.22. The number of amides is 1. The highest BCUT2D eigenvalue weighted by Crippen LogP contribution is 2.33. The average Bonchev–Trinajstić information content (AvgIpc) is 3.13. The van der Waals surface area contributed by atoms with Crippen molar-refractivity contribution < 1.29 is 9.53 Å². The third-order valence-corrected chi connectivity index (χ3v) is 5.21. The summed E-state index contributed by atoms with van der Waals surface area (Å²) in [7, 11) is 1.64. The van der Waals surface area contributed by atoms with Crippen LogP contribution in [0.2, 0.25) is 0 Å². The van der Waals surface area contributed by atoms with E-state index in [0.29, 0.717) is 15.9 Å². The van der Waals surface area contributed by atoms with Gasteiger partial charge >= 0.3 is 0 Å². The van der Waals surface area contributed by atoms with Gasteiger partial charge in [-0.15, -0.1) is 0 Å². The zero-order valence-electron chi connectivity index (χ0n) is 12.4. The largest absolute Gasteiger partial charge is 0.497 e. The zero-order chi connectivity index (χ0) is 15.5. The number of carbonyl (C=O) groups excluding carboxylic acids is 1. The van der Waals surface area contributed by atoms with Crippen molar-refractivity contribution in [1.29, 1.82) is 0 Å². The van der Waals surface area contributed by atoms with Crippen LogP contribution >= 0.6 is 24.0 Å². The van der Waals surface area contributed by atoms with E-state index >= 15 is 0 Å². The number of thiocarbonyl (C=S) groups is 1. The minimum Gasteiger partial charge on any atom is -0.497 e. The Balaban J connectivity index is 1.72. The second-order valence-corrected chi connectivity index (χ2v) is 7.03. The van der Waals surface area contributed by atoms with E-state index in [1.807, 2.05) is 30.3 Å². The molecule has 2 aliphatic rings. The van der Waals surface area contributed by atoms with E-state index in [-0.39, 0.29) is 5.91 Å². The molecule has 0 atom stereocenters. The second kappa shape index (κ2) is 6.81. The molecule has 0 unspecified atom stereocenters. The average molecular weight is 334 g/mol. The van der Waals surface area contributed by atoms with Gasteiger partial charge in [-0.2, -0.15) is 0 Å². The molecule has 1 aromatic rings. The molecule has 22 heavy (non-hydrogen) atoms. The Labute approximate surface area is 140 Å². The summed E-state index contributed by atoms with van der Waals surface area (Å²) in [6, 6.07) is 7.64. The quantitative estimate of drug-likeness (QED) is 0.624. The van der Waals surface area contributed by atoms with E-state index in [1.54, 1.807) is 12.0 Å². The number of thioether (sulfide) groups is 1. The SMILES string of the molecule is COc1ccc(/C=C2\SC(=S)N(CN3CCCC3)C2=O)cc1. The summed E-state index contributed by atoms with van der Waals surface area (Å²) in [5.41, 5.74) is 0.975. The molecular formula is C16H18N2O2S2. The number of carbonyl (C=O) groups is 1. The summed E-state index contributed by atoms with van der Waals surface area (Å²) >= 11 is 6.75. The van der Waals surface area contributed by atoms with Crippen LogP contribution in [-0.2, 0) is 4.79 Å². The van der Waals surface area contributed by atoms with Gasteiger partial charge in [0.1, 0.15) is 10.1 Å². The highest BCUT2D eigenvalue weighted by molar-refractivity contribution is 8.26. The molecule has 0 N–H and O–H groups in total. The molecule has 3 rings (SSSR count). The molecule has 2 fully saturated rings. The first-order chi connectivity index (χ1) is 10.7. The van der Waals surface area contributed by atoms with Gasteiger partial charge in [-0.25, -0.2) is 0 Å². The van der Waals surface area contributed by atoms with Crippen LogP contribution in [0.15, 0.2) is 29.2 Å². The number of ether oxygens (including phenoxy) is 1. The van der Waals surface area contributed by atoms with Crippen molar-refractivity contribution >= 4 is 40.3 Å². The van der Waals surface area contributed by atoms with E-state index in [2.05, 4.69) is 4.90 Å². The molecule has 6 heteroatoms. The van der Waals surface area contributed by atoms with Gasteiger partial charge in [0, 0.05) is 0 Å². The van der Waals surface area contributed by atoms with Crippen LogP contribution in [-0.4, -0.2) is 46.9 Å². The third-order valence-electron chi connectivity index (χ3n) is 3.83. The minimum atomic E-state index is 0.0118. The number of rotatable bonds is 4. The molecule has 0 radical (unpaired) electrons. The number of likely N-dealkylation sites (tertiary alicyclic amines) is 1. The second-order valence-electron chi connectivity index (χ2n) is 5.35. The lowest BCUT2D eigenvalue weighted by Crippen LogP contribution is -2.38. The molecule has 1 amide bonds. The van der Waals surface area contributed by atoms with Gasteiger partial charge in [-0.3, -0.25) is 14.6 Å². The van der Waals surface area contributed by atoms with Crippen molar-refractivity contribution in [2.75, 3.05) is 26.9 Å². The monoisotopic (exact) mass is 334 g/mol. The molecule has 0 aliphatic carbocycles. The number of hydrogen-bond donors (Lipinski definition) is 0. The summed E-state index contributed by atoms with van der Waals surface area (Å²) in [6.45, 7) is 2.72. The first-order valence-corrected chi connectivity index (χ1v) is 8.51. The van der Waals surface area contributed by atoms with E-state index < -0.39 is 0 Å². The zero-order valence-corrected chi connectivity index (χ0v) is 14.1. The predicted molar refractivity (Wildman–Crippen MR) is 93.7 cm³/mol. The van der Waals surface area contributed by atoms with E-state index in [4.69, 9.17) is 17.0 Å². The van der Waals surface area contributed by atoms with Gasteiger partial charge in [-0.05, 0) is 49.7 Å². The molecule has 4 nitrogen and oxygen atoms in total. The maximum absolute atomic E-state index is 12.5. The Kier molecular flexibility index (Phi) is 4.81. The van der Waals surface area contributed by atoms with Crippen LogP contribution < -0.4 is 4.74 Å². The molecule has 0 aromatic heterocycles. The molecule has 0 bridgehead atoms. The number of nitrogens with zero attached hydrogens (tertiary/aromatic N) is 2. The van der Waals surface area contributed by atoms with Crippen molar-refractivity contribution in [1.82, 2.24) is 9.80 Å². The number of methoxy groups -OCH3 is 1. The van der Waals surface area contributed by atoms with E-state index in [9.17, 15) is 4.79 Å². The van der Waals surface area contributed by atoms with Gasteiger partial charge in [0.2, 0.25) is 0 Å². The summed E-state index contributed by atoms with van der Waals surface area (Å²) in [6.07, 6.45) is 4.30. The smallest absolute Gasteiger partial charge is 0.267 e. The summed E-state index contributed by atoms with van der Waals surface area (Å²) in [5, 5.41) is 0. The van der Waals surface area contributed by atoms with Crippen LogP contribution in [0.3, 0.4) is 0 Å². The van der Waals surface area contributed by atoms with Crippen LogP contribution in [0.25, 0.3) is 6.08 Å². The molecule has 1 aromatic carbocycles. The maximum atomic E-state index is 12.5. The van der Waals surface area contributed by atoms with Crippen molar-refractivity contribution in [3.05, 3.63) is 34.7 Å². The summed E-state index contributed by atoms with van der Waals surface area (Å²) in [4.78, 5) is 17.2. The molecule has 2 saturated heterocycles. The lowest BCUT2D eigenvalue weighted by atomic mass is 10.2. The van der Waals surface area contributed by atoms with Gasteiger partial charge in [-0.1, -0.05) is 36.1 Å². The van der Waals surface area contributed by atoms with Gasteiger partial charge in [0.05, 0.1) is 18.7 Å². The standard InChI is InChI=1S/C16H18N2O2S2/c1-20-13-6-4-12(5-7-13)10-14-15(19)18(16(21)22-14)11-17-8-2-3-9-17/h4-7,10H,2-3,8-9,11H2,1H3/b14-10-. The Morgan fingerprint density at radius 2 is 1.95 bits per heavy atom. The highest BCUT2D eigenvalue weighted by atomic mass is 32.2. The first kappa shape index (κ1) is 15.5. The molecular weight excluding hydrogens is 316 g/mol. The fraction of sp³-hybridized carbons (Fsp3) is 0.375. The Morgan fingerprint density at radius 3 is 2.59 bits per heavy atom. The van der Waals surface area contributed by atoms with E-state index in [1.165, 1.54) is 24.6 Å². The van der Waals surface area contributed by atoms with Crippen molar-refractivity contribution in [2.45, 2.75) is 12.8 Å². The van der Waals surface area contributed by atoms with Crippen LogP contribution in [0, 0.1) is 0 Å². The Morgan fingerprint density at radius 1 is 1.27 bits per heavy atom. The normalized spacial score (nSPS) is 21.1. The minimum absolute atomic E-state index is 0.0118. The first-order valence-electron chi connectivity index (χ1n) is 7.29. The maximum Gasteiger partial charge on any atom is 0.267 e. The van der Waals surface area contributed by atoms with Crippen LogP contribution in [0.1, 0.15) is 18.4 Å². The van der Waals surface area contributed by atoms with Gasteiger partial charge < -0.3 is 4.74 Å².